The van der Waals surface area contributed by atoms with Gasteiger partial charge in [-0.25, -0.2) is 29.9 Å². The largest absolute Gasteiger partial charge is 0.448 e. The number of thiazole rings is 2. The lowest BCUT2D eigenvalue weighted by atomic mass is 9.93. The van der Waals surface area contributed by atoms with Crippen LogP contribution in [0.4, 0.5) is 0 Å². The molecule has 4 N–H and O–H groups in total. The van der Waals surface area contributed by atoms with Gasteiger partial charge in [0.2, 0.25) is 0 Å². The number of nitrogens with one attached hydrogen (secondary N) is 4. The lowest BCUT2D eigenvalue weighted by Crippen LogP contribution is -2.19. The van der Waals surface area contributed by atoms with E-state index < -0.39 is 0 Å². The van der Waals surface area contributed by atoms with Gasteiger partial charge in [0.1, 0.15) is 12.1 Å². The summed E-state index contributed by atoms with van der Waals surface area (Å²) in [5.74, 6) is 2.59. The number of H-pyrrole nitrogens is 4. The van der Waals surface area contributed by atoms with Crippen LogP contribution in [0.5, 0.6) is 0 Å². The van der Waals surface area contributed by atoms with E-state index in [1.54, 1.807) is 53.9 Å². The first kappa shape index (κ1) is 64.5. The molecule has 8 heterocycles. The van der Waals surface area contributed by atoms with Crippen molar-refractivity contribution < 1.29 is 4.42 Å². The fourth-order valence-corrected chi connectivity index (χ4v) is 6.51. The molecule has 8 rings (SSSR count). The van der Waals surface area contributed by atoms with Crippen molar-refractivity contribution in [3.8, 4) is 0 Å². The molecule has 0 fully saturated rings. The SMILES string of the molecule is CC(C)(C)c1ccc[nH]1.CC(C)(C)c1cnc[nH]1.CC(C)(C)c1ncc[nH]1.CC(C)(C)c1ncco1.CC(C)(C)c1nccs1.CC(C)(C)c1nccs1.CC(C)(C)c1nn[nH]n1.CC(C)(C)n1ccnc1. The highest BCUT2D eigenvalue weighted by atomic mass is 32.1. The van der Waals surface area contributed by atoms with E-state index >= 15 is 0 Å². The summed E-state index contributed by atoms with van der Waals surface area (Å²) >= 11 is 3.44. The monoisotopic (exact) mass is 1030 g/mol. The topological polar surface area (TPSA) is 197 Å². The van der Waals surface area contributed by atoms with Gasteiger partial charge in [0.25, 0.3) is 0 Å². The summed E-state index contributed by atoms with van der Waals surface area (Å²) in [6.45, 7) is 51.2. The third-order valence-corrected chi connectivity index (χ3v) is 11.8. The highest BCUT2D eigenvalue weighted by Gasteiger charge is 2.20. The van der Waals surface area contributed by atoms with Crippen molar-refractivity contribution in [3.63, 3.8) is 0 Å². The highest BCUT2D eigenvalue weighted by Crippen LogP contribution is 2.25. The van der Waals surface area contributed by atoms with Crippen LogP contribution < -0.4 is 0 Å². The number of nitrogens with zero attached hydrogens (tertiary/aromatic N) is 10. The first-order chi connectivity index (χ1) is 32.8. The molecule has 0 saturated heterocycles. The van der Waals surface area contributed by atoms with Crippen molar-refractivity contribution in [2.24, 2.45) is 0 Å². The quantitative estimate of drug-likeness (QED) is 0.113. The molecule has 0 saturated carbocycles. The van der Waals surface area contributed by atoms with Gasteiger partial charge in [-0.3, -0.25) is 0 Å². The van der Waals surface area contributed by atoms with Gasteiger partial charge >= 0.3 is 0 Å². The van der Waals surface area contributed by atoms with E-state index in [-0.39, 0.29) is 43.4 Å². The summed E-state index contributed by atoms with van der Waals surface area (Å²) in [6, 6.07) is 4.14. The number of aromatic amines is 4. The van der Waals surface area contributed by atoms with E-state index in [9.17, 15) is 0 Å². The summed E-state index contributed by atoms with van der Waals surface area (Å²) in [6.07, 6.45) is 21.7. The average Bonchev–Trinajstić information content (AvgIpc) is 4.13. The van der Waals surface area contributed by atoms with Crippen molar-refractivity contribution in [2.45, 2.75) is 210 Å². The van der Waals surface area contributed by atoms with E-state index in [2.05, 4.69) is 222 Å². The minimum Gasteiger partial charge on any atom is -0.448 e. The maximum Gasteiger partial charge on any atom is 0.199 e. The molecule has 0 spiro atoms. The van der Waals surface area contributed by atoms with Crippen LogP contribution in [0, 0.1) is 0 Å². The fraction of sp³-hybridized carbons (Fsp3) is 0.582. The molecular formula is C55H92N14OS2. The van der Waals surface area contributed by atoms with Crippen molar-refractivity contribution >= 4 is 22.7 Å². The molecule has 0 aliphatic carbocycles. The molecule has 0 radical (unpaired) electrons. The van der Waals surface area contributed by atoms with Crippen LogP contribution in [0.2, 0.25) is 0 Å². The van der Waals surface area contributed by atoms with Gasteiger partial charge in [-0.05, 0) is 32.9 Å². The van der Waals surface area contributed by atoms with Crippen LogP contribution in [0.25, 0.3) is 0 Å². The zero-order valence-electron chi connectivity index (χ0n) is 48.4. The van der Waals surface area contributed by atoms with Crippen molar-refractivity contribution in [1.82, 2.24) is 70.0 Å². The number of hydrogen-bond donors (Lipinski definition) is 4. The summed E-state index contributed by atoms with van der Waals surface area (Å²) in [7, 11) is 0. The van der Waals surface area contributed by atoms with Gasteiger partial charge < -0.3 is 23.9 Å². The summed E-state index contributed by atoms with van der Waals surface area (Å²) < 4.78 is 7.16. The number of imidazole rings is 3. The molecule has 15 nitrogen and oxygen atoms in total. The average molecular weight is 1030 g/mol. The molecule has 0 unspecified atom stereocenters. The van der Waals surface area contributed by atoms with E-state index in [1.165, 1.54) is 21.4 Å². The molecule has 0 aliphatic rings. The minimum atomic E-state index is 0.00694. The Balaban J connectivity index is 0.000000411. The van der Waals surface area contributed by atoms with Gasteiger partial charge in [0.15, 0.2) is 11.7 Å². The lowest BCUT2D eigenvalue weighted by molar-refractivity contribution is 0.392. The third-order valence-electron chi connectivity index (χ3n) is 9.44. The van der Waals surface area contributed by atoms with Crippen LogP contribution in [0.1, 0.15) is 205 Å². The maximum absolute atomic E-state index is 5.09. The van der Waals surface area contributed by atoms with E-state index in [0.29, 0.717) is 0 Å². The van der Waals surface area contributed by atoms with Crippen molar-refractivity contribution in [3.05, 3.63) is 137 Å². The maximum atomic E-state index is 5.09. The molecular weight excluding hydrogens is 937 g/mol. The van der Waals surface area contributed by atoms with Crippen LogP contribution in [-0.4, -0.2) is 70.0 Å². The van der Waals surface area contributed by atoms with E-state index in [1.807, 2.05) is 81.1 Å². The number of oxazole rings is 1. The molecule has 0 atom stereocenters. The van der Waals surface area contributed by atoms with Crippen molar-refractivity contribution in [1.29, 1.82) is 0 Å². The molecule has 400 valence electrons. The third kappa shape index (κ3) is 26.8. The fourth-order valence-electron chi connectivity index (χ4n) is 5.06. The summed E-state index contributed by atoms with van der Waals surface area (Å²) in [4.78, 5) is 33.8. The molecule has 0 amide bonds. The van der Waals surface area contributed by atoms with Crippen LogP contribution in [0.15, 0.2) is 102 Å². The second-order valence-electron chi connectivity index (χ2n) is 25.1. The Morgan fingerprint density at radius 1 is 0.514 bits per heavy atom. The molecule has 0 aromatic carbocycles. The number of hydrogen-bond acceptors (Lipinski definition) is 12. The van der Waals surface area contributed by atoms with Crippen LogP contribution >= 0.6 is 22.7 Å². The molecule has 8 aromatic heterocycles. The predicted octanol–water partition coefficient (Wildman–Crippen LogP) is 14.7. The molecule has 0 bridgehead atoms. The Bertz CT molecular complexity index is 1900. The van der Waals surface area contributed by atoms with Crippen LogP contribution in [0.3, 0.4) is 0 Å². The Morgan fingerprint density at radius 2 is 1.08 bits per heavy atom. The number of aromatic nitrogens is 14. The van der Waals surface area contributed by atoms with E-state index in [4.69, 9.17) is 4.42 Å². The molecule has 17 heteroatoms. The van der Waals surface area contributed by atoms with Gasteiger partial charge in [-0.1, -0.05) is 151 Å². The lowest BCUT2D eigenvalue weighted by Gasteiger charge is -2.19. The normalized spacial score (nSPS) is 11.9. The zero-order chi connectivity index (χ0) is 55.2. The van der Waals surface area contributed by atoms with Gasteiger partial charge in [-0.2, -0.15) is 5.21 Å². The summed E-state index contributed by atoms with van der Waals surface area (Å²) in [5, 5.41) is 20.0. The smallest absolute Gasteiger partial charge is 0.199 e. The zero-order valence-corrected chi connectivity index (χ0v) is 50.1. The van der Waals surface area contributed by atoms with Gasteiger partial charge in [0.05, 0.1) is 28.9 Å². The minimum absolute atomic E-state index is 0.00694. The van der Waals surface area contributed by atoms with Gasteiger partial charge in [0, 0.05) is 115 Å². The standard InChI is InChI=1S/C8H13N.3C7H12N2.C7H11NO.2C7H11NS.C5H10N4/c1-8(2,3)7-5-4-6-9-7;1-7(2,3)6-4-8-5-9-6;1-7(2,3)9-5-4-8-6-9;4*1-7(2,3)6-8-4-5-9-6;1-5(2,3)4-6-8-9-7-4/h4-6,9H,1-3H3;4-5H,1-3H3,(H,8,9);4-6H,1-3H3;4-5H,1-3H3,(H,8,9);3*4-5H,1-3H3;1-3H3,(H,6,7,8,9). The Morgan fingerprint density at radius 3 is 1.28 bits per heavy atom. The molecule has 0 aliphatic heterocycles. The second-order valence-corrected chi connectivity index (χ2v) is 26.9. The molecule has 72 heavy (non-hydrogen) atoms. The van der Waals surface area contributed by atoms with Crippen molar-refractivity contribution in [2.75, 3.05) is 0 Å². The second kappa shape index (κ2) is 28.0. The van der Waals surface area contributed by atoms with Crippen LogP contribution in [-0.2, 0) is 43.4 Å². The first-order valence-corrected chi connectivity index (χ1v) is 26.1. The Labute approximate surface area is 441 Å². The highest BCUT2D eigenvalue weighted by molar-refractivity contribution is 7.10. The van der Waals surface area contributed by atoms with E-state index in [0.717, 1.165) is 17.5 Å². The molecule has 8 aromatic rings. The number of rotatable bonds is 0. The first-order valence-electron chi connectivity index (χ1n) is 24.4. The van der Waals surface area contributed by atoms with Gasteiger partial charge in [-0.15, -0.1) is 32.9 Å². The predicted molar refractivity (Wildman–Crippen MR) is 301 cm³/mol. The number of tetrazole rings is 1. The Kier molecular flexibility index (Phi) is 25.1. The Hall–Kier alpha value is -5.55. The summed E-state index contributed by atoms with van der Waals surface area (Å²) in [5.41, 5.74) is 3.80.